The summed E-state index contributed by atoms with van der Waals surface area (Å²) in [5.41, 5.74) is 0. The summed E-state index contributed by atoms with van der Waals surface area (Å²) < 4.78 is 0. The first-order chi connectivity index (χ1) is 12.1. The normalized spacial score (nSPS) is 22.4. The molecule has 8 nitrogen and oxygen atoms in total. The van der Waals surface area contributed by atoms with E-state index < -0.39 is 0 Å². The highest BCUT2D eigenvalue weighted by molar-refractivity contribution is 4.72. The predicted molar refractivity (Wildman–Crippen MR) is 98.7 cm³/mol. The lowest BCUT2D eigenvalue weighted by Crippen LogP contribution is -2.48. The molecule has 0 aliphatic carbocycles. The van der Waals surface area contributed by atoms with E-state index >= 15 is 0 Å². The van der Waals surface area contributed by atoms with Crippen LogP contribution in [0, 0.1) is 0 Å². The van der Waals surface area contributed by atoms with Crippen LogP contribution in [-0.4, -0.2) is 144 Å². The quantitative estimate of drug-likeness (QED) is 0.379. The van der Waals surface area contributed by atoms with E-state index in [2.05, 4.69) is 19.6 Å². The number of hydrogen-bond acceptors (Lipinski definition) is 8. The zero-order chi connectivity index (χ0) is 18.5. The van der Waals surface area contributed by atoms with Crippen molar-refractivity contribution < 1.29 is 20.4 Å². The molecule has 1 aliphatic heterocycles. The molecule has 1 aliphatic rings. The topological polar surface area (TPSA) is 93.9 Å². The van der Waals surface area contributed by atoms with Crippen LogP contribution in [0.4, 0.5) is 0 Å². The van der Waals surface area contributed by atoms with Crippen molar-refractivity contribution >= 4 is 0 Å². The molecule has 8 heteroatoms. The van der Waals surface area contributed by atoms with E-state index in [9.17, 15) is 20.4 Å². The van der Waals surface area contributed by atoms with Crippen molar-refractivity contribution in [1.29, 1.82) is 0 Å². The van der Waals surface area contributed by atoms with Crippen molar-refractivity contribution in [2.24, 2.45) is 0 Å². The fourth-order valence-electron chi connectivity index (χ4n) is 3.23. The predicted octanol–water partition coefficient (Wildman–Crippen LogP) is -2.43. The Morgan fingerprint density at radius 2 is 0.880 bits per heavy atom. The average Bonchev–Trinajstić information content (AvgIpc) is 2.57. The van der Waals surface area contributed by atoms with Crippen molar-refractivity contribution in [3.05, 3.63) is 0 Å². The second-order valence-electron chi connectivity index (χ2n) is 6.85. The summed E-state index contributed by atoms with van der Waals surface area (Å²) in [5, 5.41) is 37.6. The number of nitrogens with zero attached hydrogens (tertiary/aromatic N) is 4. The van der Waals surface area contributed by atoms with Crippen LogP contribution < -0.4 is 0 Å². The lowest BCUT2D eigenvalue weighted by molar-refractivity contribution is 0.0824. The highest BCUT2D eigenvalue weighted by atomic mass is 16.3. The fraction of sp³-hybridized carbons (Fsp3) is 1.00. The Balaban J connectivity index is 2.72. The van der Waals surface area contributed by atoms with E-state index in [0.29, 0.717) is 26.2 Å². The van der Waals surface area contributed by atoms with Crippen molar-refractivity contribution in [3.63, 3.8) is 0 Å². The van der Waals surface area contributed by atoms with E-state index in [1.54, 1.807) is 6.92 Å². The highest BCUT2D eigenvalue weighted by Gasteiger charge is 2.16. The van der Waals surface area contributed by atoms with Crippen molar-refractivity contribution in [3.8, 4) is 0 Å². The summed E-state index contributed by atoms with van der Waals surface area (Å²) in [6.45, 7) is 11.6. The summed E-state index contributed by atoms with van der Waals surface area (Å²) in [5.74, 6) is 0. The lowest BCUT2D eigenvalue weighted by atomic mass is 10.3. The fourth-order valence-corrected chi connectivity index (χ4v) is 3.23. The zero-order valence-electron chi connectivity index (χ0n) is 15.8. The van der Waals surface area contributed by atoms with Crippen LogP contribution in [0.15, 0.2) is 0 Å². The van der Waals surface area contributed by atoms with Crippen LogP contribution >= 0.6 is 0 Å². The molecular formula is C17H38N4O4. The molecule has 1 atom stereocenters. The third-order valence-electron chi connectivity index (χ3n) is 4.70. The number of rotatable bonds is 8. The van der Waals surface area contributed by atoms with Crippen LogP contribution in [-0.2, 0) is 0 Å². The summed E-state index contributed by atoms with van der Waals surface area (Å²) in [6.07, 6.45) is -0.370. The van der Waals surface area contributed by atoms with Gasteiger partial charge in [-0.05, 0) is 6.92 Å². The van der Waals surface area contributed by atoms with Crippen LogP contribution in [0.5, 0.6) is 0 Å². The Morgan fingerprint density at radius 3 is 1.12 bits per heavy atom. The molecule has 0 aromatic rings. The van der Waals surface area contributed by atoms with Gasteiger partial charge in [-0.1, -0.05) is 0 Å². The van der Waals surface area contributed by atoms with Gasteiger partial charge < -0.3 is 20.4 Å². The maximum atomic E-state index is 9.75. The first kappa shape index (κ1) is 22.7. The summed E-state index contributed by atoms with van der Waals surface area (Å²) >= 11 is 0. The van der Waals surface area contributed by atoms with Gasteiger partial charge in [-0.3, -0.25) is 19.6 Å². The van der Waals surface area contributed by atoms with E-state index in [-0.39, 0.29) is 25.9 Å². The Bertz CT molecular complexity index is 301. The average molecular weight is 363 g/mol. The molecule has 1 heterocycles. The highest BCUT2D eigenvalue weighted by Crippen LogP contribution is 2.01. The van der Waals surface area contributed by atoms with Crippen LogP contribution in [0.25, 0.3) is 0 Å². The van der Waals surface area contributed by atoms with E-state index in [1.165, 1.54) is 0 Å². The molecule has 1 rings (SSSR count). The standard InChI is InChI=1S/C17H38N4O4/c1-17(25)16-21-8-6-19(11-14-23)4-2-18(10-13-22)3-5-20(7-9-21)12-15-24/h17,22-25H,2-16H2,1H3. The second-order valence-corrected chi connectivity index (χ2v) is 6.85. The van der Waals surface area contributed by atoms with Gasteiger partial charge in [-0.2, -0.15) is 0 Å². The Kier molecular flexibility index (Phi) is 12.6. The van der Waals surface area contributed by atoms with E-state index in [1.807, 2.05) is 0 Å². The van der Waals surface area contributed by atoms with Gasteiger partial charge in [0.15, 0.2) is 0 Å². The first-order valence-electron chi connectivity index (χ1n) is 9.49. The van der Waals surface area contributed by atoms with Crippen molar-refractivity contribution in [2.75, 3.05) is 98.4 Å². The van der Waals surface area contributed by atoms with Gasteiger partial charge in [-0.25, -0.2) is 0 Å². The zero-order valence-corrected chi connectivity index (χ0v) is 15.8. The van der Waals surface area contributed by atoms with Crippen LogP contribution in [0.3, 0.4) is 0 Å². The molecule has 0 aromatic heterocycles. The number of hydrogen-bond donors (Lipinski definition) is 4. The Morgan fingerprint density at radius 1 is 0.600 bits per heavy atom. The van der Waals surface area contributed by atoms with Crippen LogP contribution in [0.1, 0.15) is 6.92 Å². The van der Waals surface area contributed by atoms with Crippen LogP contribution in [0.2, 0.25) is 0 Å². The summed E-state index contributed by atoms with van der Waals surface area (Å²) in [4.78, 5) is 8.98. The van der Waals surface area contributed by atoms with Gasteiger partial charge in [0.25, 0.3) is 0 Å². The maximum absolute atomic E-state index is 9.75. The van der Waals surface area contributed by atoms with Crippen molar-refractivity contribution in [2.45, 2.75) is 13.0 Å². The molecule has 1 unspecified atom stereocenters. The first-order valence-corrected chi connectivity index (χ1v) is 9.49. The van der Waals surface area contributed by atoms with Gasteiger partial charge in [0.1, 0.15) is 0 Å². The maximum Gasteiger partial charge on any atom is 0.0639 e. The van der Waals surface area contributed by atoms with Gasteiger partial charge in [0, 0.05) is 78.5 Å². The summed E-state index contributed by atoms with van der Waals surface area (Å²) in [7, 11) is 0. The summed E-state index contributed by atoms with van der Waals surface area (Å²) in [6, 6.07) is 0. The third kappa shape index (κ3) is 10.4. The molecule has 25 heavy (non-hydrogen) atoms. The van der Waals surface area contributed by atoms with E-state index in [4.69, 9.17) is 0 Å². The minimum absolute atomic E-state index is 0.140. The third-order valence-corrected chi connectivity index (χ3v) is 4.70. The molecule has 4 N–H and O–H groups in total. The number of aliphatic hydroxyl groups is 4. The molecule has 0 radical (unpaired) electrons. The lowest BCUT2D eigenvalue weighted by Gasteiger charge is -2.34. The minimum atomic E-state index is -0.370. The number of aliphatic hydroxyl groups excluding tert-OH is 4. The monoisotopic (exact) mass is 362 g/mol. The van der Waals surface area contributed by atoms with Gasteiger partial charge in [0.2, 0.25) is 0 Å². The minimum Gasteiger partial charge on any atom is -0.395 e. The van der Waals surface area contributed by atoms with Crippen molar-refractivity contribution in [1.82, 2.24) is 19.6 Å². The molecule has 0 bridgehead atoms. The molecule has 1 saturated heterocycles. The Labute approximate surface area is 152 Å². The van der Waals surface area contributed by atoms with Gasteiger partial charge in [0.05, 0.1) is 25.9 Å². The van der Waals surface area contributed by atoms with Gasteiger partial charge >= 0.3 is 0 Å². The molecular weight excluding hydrogens is 324 g/mol. The molecule has 0 spiro atoms. The molecule has 0 aromatic carbocycles. The molecule has 1 fully saturated rings. The second kappa shape index (κ2) is 13.8. The Hall–Kier alpha value is -0.320. The smallest absolute Gasteiger partial charge is 0.0639 e. The van der Waals surface area contributed by atoms with E-state index in [0.717, 1.165) is 52.4 Å². The SMILES string of the molecule is CC(O)CN1CCN(CCO)CCN(CCO)CCN(CCO)CC1. The van der Waals surface area contributed by atoms with Gasteiger partial charge in [-0.15, -0.1) is 0 Å². The molecule has 150 valence electrons. The molecule has 0 amide bonds. The molecule has 0 saturated carbocycles. The largest absolute Gasteiger partial charge is 0.395 e. The number of β-amino-alcohol motifs (C(OH)–C–C–N with tert-alkyl or cyclic N) is 4.